The lowest BCUT2D eigenvalue weighted by molar-refractivity contribution is -0.0807. The van der Waals surface area contributed by atoms with E-state index in [0.717, 1.165) is 17.4 Å². The van der Waals surface area contributed by atoms with Crippen molar-refractivity contribution in [2.45, 2.75) is 55.9 Å². The van der Waals surface area contributed by atoms with E-state index in [-0.39, 0.29) is 5.60 Å². The largest absolute Gasteiger partial charge is 0.374 e. The highest BCUT2D eigenvalue weighted by atomic mass is 79.9. The Bertz CT molecular complexity index is 216. The molecule has 0 aromatic heterocycles. The molecule has 94 valence electrons. The maximum Gasteiger partial charge on any atom is 0.0783 e. The summed E-state index contributed by atoms with van der Waals surface area (Å²) in [5.74, 6) is 3.47. The van der Waals surface area contributed by atoms with Gasteiger partial charge in [-0.2, -0.15) is 11.8 Å². The first-order chi connectivity index (χ1) is 7.74. The Labute approximate surface area is 112 Å². The fraction of sp³-hybridized carbons (Fsp3) is 1.00. The molecule has 0 aliphatic carbocycles. The van der Waals surface area contributed by atoms with Crippen molar-refractivity contribution in [1.29, 1.82) is 0 Å². The lowest BCUT2D eigenvalue weighted by atomic mass is 9.82. The third-order valence-electron chi connectivity index (χ3n) is 3.99. The SMILES string of the molecule is CCC(Br)CCC1CCOC2(CCSC2)C1. The number of hydrogen-bond acceptors (Lipinski definition) is 2. The minimum absolute atomic E-state index is 0.279. The topological polar surface area (TPSA) is 9.23 Å². The van der Waals surface area contributed by atoms with E-state index >= 15 is 0 Å². The summed E-state index contributed by atoms with van der Waals surface area (Å²) >= 11 is 5.82. The van der Waals surface area contributed by atoms with Crippen LogP contribution in [0.2, 0.25) is 0 Å². The van der Waals surface area contributed by atoms with Gasteiger partial charge in [0.15, 0.2) is 0 Å². The van der Waals surface area contributed by atoms with Crippen LogP contribution in [-0.4, -0.2) is 28.5 Å². The number of halogens is 1. The Kier molecular flexibility index (Phi) is 5.05. The Morgan fingerprint density at radius 3 is 3.12 bits per heavy atom. The van der Waals surface area contributed by atoms with E-state index in [0.29, 0.717) is 0 Å². The van der Waals surface area contributed by atoms with Gasteiger partial charge in [0.05, 0.1) is 5.60 Å². The van der Waals surface area contributed by atoms with Gasteiger partial charge < -0.3 is 4.74 Å². The summed E-state index contributed by atoms with van der Waals surface area (Å²) < 4.78 is 6.06. The molecule has 1 spiro atoms. The number of rotatable bonds is 4. The Morgan fingerprint density at radius 1 is 1.56 bits per heavy atom. The van der Waals surface area contributed by atoms with Crippen LogP contribution >= 0.6 is 27.7 Å². The van der Waals surface area contributed by atoms with E-state index in [1.807, 2.05) is 0 Å². The highest BCUT2D eigenvalue weighted by Crippen LogP contribution is 2.41. The van der Waals surface area contributed by atoms with Gasteiger partial charge in [-0.25, -0.2) is 0 Å². The van der Waals surface area contributed by atoms with Gasteiger partial charge in [0.1, 0.15) is 0 Å². The molecule has 2 fully saturated rings. The molecule has 0 aromatic rings. The zero-order chi connectivity index (χ0) is 11.4. The maximum absolute atomic E-state index is 6.06. The van der Waals surface area contributed by atoms with E-state index in [1.165, 1.54) is 50.0 Å². The van der Waals surface area contributed by atoms with Crippen molar-refractivity contribution in [2.24, 2.45) is 5.92 Å². The second-order valence-electron chi connectivity index (χ2n) is 5.28. The van der Waals surface area contributed by atoms with Gasteiger partial charge in [-0.1, -0.05) is 22.9 Å². The second kappa shape index (κ2) is 6.10. The molecule has 2 aliphatic rings. The van der Waals surface area contributed by atoms with Crippen LogP contribution in [0.4, 0.5) is 0 Å². The fourth-order valence-corrected chi connectivity index (χ4v) is 4.50. The van der Waals surface area contributed by atoms with Crippen molar-refractivity contribution in [3.8, 4) is 0 Å². The first kappa shape index (κ1) is 13.2. The van der Waals surface area contributed by atoms with Crippen molar-refractivity contribution >= 4 is 27.7 Å². The number of thioether (sulfide) groups is 1. The lowest BCUT2D eigenvalue weighted by Crippen LogP contribution is -2.39. The zero-order valence-electron chi connectivity index (χ0n) is 10.2. The summed E-state index contributed by atoms with van der Waals surface area (Å²) in [5, 5.41) is 0. The molecule has 0 amide bonds. The van der Waals surface area contributed by atoms with Crippen LogP contribution in [0.1, 0.15) is 45.4 Å². The highest BCUT2D eigenvalue weighted by Gasteiger charge is 2.40. The smallest absolute Gasteiger partial charge is 0.0783 e. The number of hydrogen-bond donors (Lipinski definition) is 0. The Balaban J connectivity index is 1.78. The van der Waals surface area contributed by atoms with Gasteiger partial charge in [-0.05, 0) is 50.2 Å². The molecule has 0 N–H and O–H groups in total. The minimum Gasteiger partial charge on any atom is -0.374 e. The van der Waals surface area contributed by atoms with Crippen molar-refractivity contribution in [1.82, 2.24) is 0 Å². The zero-order valence-corrected chi connectivity index (χ0v) is 12.6. The maximum atomic E-state index is 6.06. The standard InChI is InChI=1S/C13H23BrOS/c1-2-12(14)4-3-11-5-7-15-13(9-11)6-8-16-10-13/h11-12H,2-10H2,1H3. The molecule has 2 rings (SSSR count). The minimum atomic E-state index is 0.279. The summed E-state index contributed by atoms with van der Waals surface area (Å²) in [6.45, 7) is 3.27. The van der Waals surface area contributed by atoms with Crippen LogP contribution in [0.25, 0.3) is 0 Å². The fourth-order valence-electron chi connectivity index (χ4n) is 2.86. The second-order valence-corrected chi connectivity index (χ2v) is 7.68. The lowest BCUT2D eigenvalue weighted by Gasteiger charge is -2.38. The summed E-state index contributed by atoms with van der Waals surface area (Å²) in [4.78, 5) is 0.726. The third kappa shape index (κ3) is 3.39. The molecule has 16 heavy (non-hydrogen) atoms. The summed E-state index contributed by atoms with van der Waals surface area (Å²) in [7, 11) is 0. The molecule has 0 saturated carbocycles. The van der Waals surface area contributed by atoms with Crippen molar-refractivity contribution in [3.05, 3.63) is 0 Å². The van der Waals surface area contributed by atoms with E-state index in [4.69, 9.17) is 4.74 Å². The molecule has 0 radical (unpaired) electrons. The quantitative estimate of drug-likeness (QED) is 0.718. The van der Waals surface area contributed by atoms with Gasteiger partial charge >= 0.3 is 0 Å². The van der Waals surface area contributed by atoms with Crippen molar-refractivity contribution in [2.75, 3.05) is 18.1 Å². The predicted octanol–water partition coefficient (Wildman–Crippen LogP) is 4.24. The molecule has 2 heterocycles. The summed E-state index contributed by atoms with van der Waals surface area (Å²) in [5.41, 5.74) is 0.279. The van der Waals surface area contributed by atoms with Gasteiger partial charge in [0.2, 0.25) is 0 Å². The molecule has 3 heteroatoms. The average Bonchev–Trinajstić information content (AvgIpc) is 2.74. The van der Waals surface area contributed by atoms with E-state index in [1.54, 1.807) is 0 Å². The molecule has 1 nitrogen and oxygen atoms in total. The van der Waals surface area contributed by atoms with Crippen LogP contribution in [0.3, 0.4) is 0 Å². The van der Waals surface area contributed by atoms with Gasteiger partial charge in [0, 0.05) is 17.2 Å². The number of alkyl halides is 1. The van der Waals surface area contributed by atoms with E-state index in [2.05, 4.69) is 34.6 Å². The Morgan fingerprint density at radius 2 is 2.44 bits per heavy atom. The summed E-state index contributed by atoms with van der Waals surface area (Å²) in [6.07, 6.45) is 7.88. The number of ether oxygens (including phenoxy) is 1. The normalized spacial score (nSPS) is 36.8. The van der Waals surface area contributed by atoms with Gasteiger partial charge in [-0.15, -0.1) is 0 Å². The molecule has 0 aromatic carbocycles. The molecule has 0 bridgehead atoms. The van der Waals surface area contributed by atoms with Gasteiger partial charge in [-0.3, -0.25) is 0 Å². The van der Waals surface area contributed by atoms with E-state index < -0.39 is 0 Å². The summed E-state index contributed by atoms with van der Waals surface area (Å²) in [6, 6.07) is 0. The molecule has 2 aliphatic heterocycles. The van der Waals surface area contributed by atoms with Crippen LogP contribution in [0.5, 0.6) is 0 Å². The average molecular weight is 307 g/mol. The Hall–Kier alpha value is 0.790. The van der Waals surface area contributed by atoms with E-state index in [9.17, 15) is 0 Å². The van der Waals surface area contributed by atoms with Crippen molar-refractivity contribution in [3.63, 3.8) is 0 Å². The van der Waals surface area contributed by atoms with Crippen LogP contribution in [0.15, 0.2) is 0 Å². The van der Waals surface area contributed by atoms with Crippen LogP contribution in [-0.2, 0) is 4.74 Å². The molecule has 2 saturated heterocycles. The molecule has 3 atom stereocenters. The molecular formula is C13H23BrOS. The first-order valence-corrected chi connectivity index (χ1v) is 8.67. The predicted molar refractivity (Wildman–Crippen MR) is 75.6 cm³/mol. The monoisotopic (exact) mass is 306 g/mol. The van der Waals surface area contributed by atoms with Crippen molar-refractivity contribution < 1.29 is 4.74 Å². The molecular weight excluding hydrogens is 284 g/mol. The van der Waals surface area contributed by atoms with Crippen LogP contribution < -0.4 is 0 Å². The third-order valence-corrected chi connectivity index (χ3v) is 6.32. The highest BCUT2D eigenvalue weighted by molar-refractivity contribution is 9.09. The van der Waals surface area contributed by atoms with Gasteiger partial charge in [0.25, 0.3) is 0 Å². The molecule has 3 unspecified atom stereocenters. The first-order valence-electron chi connectivity index (χ1n) is 6.60. The van der Waals surface area contributed by atoms with Crippen LogP contribution in [0, 0.1) is 5.92 Å².